The normalized spacial score (nSPS) is 25.9. The molecule has 3 aromatic carbocycles. The number of amides is 2. The van der Waals surface area contributed by atoms with Crippen LogP contribution < -0.4 is 4.90 Å². The summed E-state index contributed by atoms with van der Waals surface area (Å²) >= 11 is 3.32. The Hall–Kier alpha value is -3.58. The van der Waals surface area contributed by atoms with Crippen molar-refractivity contribution in [3.63, 3.8) is 0 Å². The zero-order chi connectivity index (χ0) is 25.7. The predicted molar refractivity (Wildman–Crippen MR) is 140 cm³/mol. The summed E-state index contributed by atoms with van der Waals surface area (Å²) < 4.78 is 6.04. The van der Waals surface area contributed by atoms with Gasteiger partial charge in [-0.15, -0.1) is 0 Å². The van der Waals surface area contributed by atoms with Crippen molar-refractivity contribution in [2.75, 3.05) is 11.5 Å². The average molecular weight is 558 g/mol. The van der Waals surface area contributed by atoms with Gasteiger partial charge in [-0.3, -0.25) is 19.3 Å². The van der Waals surface area contributed by atoms with Crippen LogP contribution in [0.1, 0.15) is 45.0 Å². The maximum atomic E-state index is 13.5. The Morgan fingerprint density at radius 1 is 0.811 bits per heavy atom. The highest BCUT2D eigenvalue weighted by Crippen LogP contribution is 2.61. The molecule has 0 radical (unpaired) electrons. The molecule has 6 nitrogen and oxygen atoms in total. The molecule has 2 saturated carbocycles. The molecule has 0 spiro atoms. The van der Waals surface area contributed by atoms with E-state index in [1.165, 1.54) is 22.6 Å². The Morgan fingerprint density at radius 2 is 1.46 bits per heavy atom. The molecule has 1 saturated heterocycles. The minimum atomic E-state index is -0.642. The van der Waals surface area contributed by atoms with Gasteiger partial charge in [0.2, 0.25) is 11.8 Å². The van der Waals surface area contributed by atoms with Gasteiger partial charge in [-0.2, -0.15) is 0 Å². The molecule has 1 aliphatic heterocycles. The third-order valence-corrected chi connectivity index (χ3v) is 8.63. The lowest BCUT2D eigenvalue weighted by Gasteiger charge is -2.28. The Bertz CT molecular complexity index is 1390. The van der Waals surface area contributed by atoms with E-state index in [-0.39, 0.29) is 53.4 Å². The Kier molecular flexibility index (Phi) is 6.03. The van der Waals surface area contributed by atoms with E-state index >= 15 is 0 Å². The van der Waals surface area contributed by atoms with Crippen molar-refractivity contribution in [2.45, 2.75) is 18.8 Å². The first-order valence-corrected chi connectivity index (χ1v) is 13.2. The summed E-state index contributed by atoms with van der Waals surface area (Å²) in [6.07, 6.45) is 1.86. The van der Waals surface area contributed by atoms with Gasteiger partial charge in [0, 0.05) is 10.0 Å². The predicted octanol–water partition coefficient (Wildman–Crippen LogP) is 5.42. The summed E-state index contributed by atoms with van der Waals surface area (Å²) in [6.45, 7) is -0.375. The number of fused-ring (bicyclic) bond motifs is 5. The van der Waals surface area contributed by atoms with Crippen LogP contribution in [-0.4, -0.2) is 30.2 Å². The zero-order valence-electron chi connectivity index (χ0n) is 19.9. The summed E-state index contributed by atoms with van der Waals surface area (Å²) in [5.74, 6) is -1.06. The second kappa shape index (κ2) is 9.38. The summed E-state index contributed by atoms with van der Waals surface area (Å²) in [7, 11) is 0. The van der Waals surface area contributed by atoms with E-state index in [1.807, 2.05) is 18.2 Å². The highest BCUT2D eigenvalue weighted by molar-refractivity contribution is 9.10. The van der Waals surface area contributed by atoms with E-state index in [9.17, 15) is 19.2 Å². The molecule has 2 amide bonds. The number of ketones is 1. The largest absolute Gasteiger partial charge is 0.454 e. The zero-order valence-corrected chi connectivity index (χ0v) is 21.5. The van der Waals surface area contributed by atoms with Gasteiger partial charge >= 0.3 is 5.97 Å². The minimum Gasteiger partial charge on any atom is -0.454 e. The molecular formula is C30H24BrNO5. The first-order valence-electron chi connectivity index (χ1n) is 12.4. The molecule has 0 aromatic heterocycles. The van der Waals surface area contributed by atoms with Gasteiger partial charge in [-0.05, 0) is 72.6 Å². The number of Topliss-reactive ketones (excluding diaryl/α,β-unsaturated/α-hetero) is 1. The average Bonchev–Trinajstić information content (AvgIpc) is 3.59. The van der Waals surface area contributed by atoms with E-state index in [1.54, 1.807) is 36.4 Å². The number of imide groups is 1. The van der Waals surface area contributed by atoms with E-state index in [0.717, 1.165) is 17.3 Å². The fourth-order valence-corrected chi connectivity index (χ4v) is 6.74. The lowest BCUT2D eigenvalue weighted by molar-refractivity contribution is -0.123. The van der Waals surface area contributed by atoms with Crippen LogP contribution in [0.5, 0.6) is 0 Å². The smallest absolute Gasteiger partial charge is 0.338 e. The molecule has 0 N–H and O–H groups in total. The van der Waals surface area contributed by atoms with Crippen LogP contribution in [0.2, 0.25) is 0 Å². The minimum absolute atomic E-state index is 0.135. The van der Waals surface area contributed by atoms with E-state index < -0.39 is 5.97 Å². The lowest BCUT2D eigenvalue weighted by atomic mass is 9.73. The van der Waals surface area contributed by atoms with Gasteiger partial charge in [0.15, 0.2) is 12.4 Å². The van der Waals surface area contributed by atoms with Crippen molar-refractivity contribution < 1.29 is 23.9 Å². The molecule has 5 atom stereocenters. The number of benzene rings is 3. The standard InChI is InChI=1S/C30H24BrNO5/c31-21-10-6-18(7-11-21)25(33)16-37-30(36)19-8-12-22(13-9-19)32-28(34)26-20-14-23(17-4-2-1-3-5-17)24(15-20)27(26)29(32)35/h1-13,20,23-24,26-27H,14-16H2/t20-,23+,24+,26-,27-/m1/s1. The van der Waals surface area contributed by atoms with Crippen molar-refractivity contribution in [1.29, 1.82) is 0 Å². The number of carbonyl (C=O) groups excluding carboxylic acids is 4. The van der Waals surface area contributed by atoms with Crippen LogP contribution in [0.25, 0.3) is 0 Å². The molecule has 7 heteroatoms. The molecule has 0 unspecified atom stereocenters. The number of ether oxygens (including phenoxy) is 1. The van der Waals surface area contributed by atoms with Crippen LogP contribution in [0, 0.1) is 23.7 Å². The number of carbonyl (C=O) groups is 4. The monoisotopic (exact) mass is 557 g/mol. The van der Waals surface area contributed by atoms with Crippen molar-refractivity contribution in [1.82, 2.24) is 0 Å². The van der Waals surface area contributed by atoms with Gasteiger partial charge in [0.1, 0.15) is 0 Å². The van der Waals surface area contributed by atoms with E-state index in [2.05, 4.69) is 28.1 Å². The van der Waals surface area contributed by atoms with Crippen LogP contribution in [0.3, 0.4) is 0 Å². The Labute approximate surface area is 222 Å². The SMILES string of the molecule is O=C(COC(=O)c1ccc(N2C(=O)[C@@H]3[C@H]4C[C@H]([C@H]3C2=O)[C@H](c2ccccc2)C4)cc1)c1ccc(Br)cc1. The summed E-state index contributed by atoms with van der Waals surface area (Å²) in [4.78, 5) is 52.9. The molecule has 1 heterocycles. The number of nitrogens with zero attached hydrogens (tertiary/aromatic N) is 1. The van der Waals surface area contributed by atoms with Crippen LogP contribution in [-0.2, 0) is 14.3 Å². The maximum Gasteiger partial charge on any atom is 0.338 e. The molecule has 6 rings (SSSR count). The fourth-order valence-electron chi connectivity index (χ4n) is 6.48. The van der Waals surface area contributed by atoms with Gasteiger partial charge in [-0.25, -0.2) is 4.79 Å². The molecule has 3 aliphatic rings. The van der Waals surface area contributed by atoms with E-state index in [0.29, 0.717) is 17.2 Å². The topological polar surface area (TPSA) is 80.8 Å². The third-order valence-electron chi connectivity index (χ3n) is 8.11. The molecule has 2 bridgehead atoms. The van der Waals surface area contributed by atoms with Crippen molar-refractivity contribution >= 4 is 45.2 Å². The number of hydrogen-bond acceptors (Lipinski definition) is 5. The summed E-state index contributed by atoms with van der Waals surface area (Å²) in [6, 6.07) is 23.3. The number of halogens is 1. The number of hydrogen-bond donors (Lipinski definition) is 0. The van der Waals surface area contributed by atoms with Crippen LogP contribution in [0.4, 0.5) is 5.69 Å². The number of rotatable bonds is 6. The number of esters is 1. The maximum absolute atomic E-state index is 13.5. The molecule has 3 aromatic rings. The second-order valence-corrected chi connectivity index (χ2v) is 10.9. The Balaban J connectivity index is 1.13. The van der Waals surface area contributed by atoms with Gasteiger partial charge in [-0.1, -0.05) is 58.4 Å². The fraction of sp³-hybridized carbons (Fsp3) is 0.267. The first kappa shape index (κ1) is 23.8. The highest BCUT2D eigenvalue weighted by atomic mass is 79.9. The van der Waals surface area contributed by atoms with Crippen molar-refractivity contribution in [2.24, 2.45) is 23.7 Å². The van der Waals surface area contributed by atoms with Gasteiger partial charge < -0.3 is 4.74 Å². The second-order valence-electron chi connectivity index (χ2n) is 10.0. The number of anilines is 1. The molecule has 186 valence electrons. The van der Waals surface area contributed by atoms with Gasteiger partial charge in [0.05, 0.1) is 23.1 Å². The van der Waals surface area contributed by atoms with Crippen molar-refractivity contribution in [3.05, 3.63) is 100 Å². The highest BCUT2D eigenvalue weighted by Gasteiger charge is 2.64. The lowest BCUT2D eigenvalue weighted by Crippen LogP contribution is -2.33. The van der Waals surface area contributed by atoms with Crippen molar-refractivity contribution in [3.8, 4) is 0 Å². The first-order chi connectivity index (χ1) is 17.9. The van der Waals surface area contributed by atoms with Gasteiger partial charge in [0.25, 0.3) is 0 Å². The molecule has 37 heavy (non-hydrogen) atoms. The molecule has 3 fully saturated rings. The molecule has 2 aliphatic carbocycles. The molecular weight excluding hydrogens is 534 g/mol. The van der Waals surface area contributed by atoms with Crippen LogP contribution in [0.15, 0.2) is 83.3 Å². The summed E-state index contributed by atoms with van der Waals surface area (Å²) in [5.41, 5.74) is 2.40. The summed E-state index contributed by atoms with van der Waals surface area (Å²) in [5, 5.41) is 0. The quantitative estimate of drug-likeness (QED) is 0.230. The third kappa shape index (κ3) is 4.11. The van der Waals surface area contributed by atoms with E-state index in [4.69, 9.17) is 4.74 Å². The van der Waals surface area contributed by atoms with Crippen LogP contribution >= 0.6 is 15.9 Å². The Morgan fingerprint density at radius 3 is 2.16 bits per heavy atom.